The van der Waals surface area contributed by atoms with Crippen molar-refractivity contribution in [1.82, 2.24) is 14.7 Å². The van der Waals surface area contributed by atoms with Gasteiger partial charge in [0.05, 0.1) is 0 Å². The van der Waals surface area contributed by atoms with Crippen LogP contribution < -0.4 is 4.90 Å². The number of hydrogen-bond acceptors (Lipinski definition) is 5. The predicted octanol–water partition coefficient (Wildman–Crippen LogP) is 3.00. The topological polar surface area (TPSA) is 59.5 Å². The van der Waals surface area contributed by atoms with Gasteiger partial charge in [-0.2, -0.15) is 0 Å². The number of amides is 3. The number of rotatable bonds is 6. The summed E-state index contributed by atoms with van der Waals surface area (Å²) in [5.74, 6) is 0.638. The lowest BCUT2D eigenvalue weighted by atomic mass is 10.1. The molecule has 1 aromatic carbocycles. The summed E-state index contributed by atoms with van der Waals surface area (Å²) < 4.78 is 0. The van der Waals surface area contributed by atoms with E-state index in [0.717, 1.165) is 43.9 Å². The van der Waals surface area contributed by atoms with Crippen LogP contribution in [0.1, 0.15) is 32.6 Å². The van der Waals surface area contributed by atoms with Crippen LogP contribution in [0, 0.1) is 0 Å². The summed E-state index contributed by atoms with van der Waals surface area (Å²) >= 11 is 6.01. The minimum absolute atomic E-state index is 0.124. The minimum Gasteiger partial charge on any atom is -0.325 e. The first-order valence-electron chi connectivity index (χ1n) is 9.98. The number of nitrogens with zero attached hydrogens (tertiary/aromatic N) is 5. The Bertz CT molecular complexity index is 796. The number of unbranched alkanes of at least 4 members (excludes halogenated alkanes) is 3. The molecule has 7 nitrogen and oxygen atoms in total. The molecule has 0 spiro atoms. The number of hydrogen-bond donors (Lipinski definition) is 0. The van der Waals surface area contributed by atoms with E-state index >= 15 is 0 Å². The van der Waals surface area contributed by atoms with E-state index in [0.29, 0.717) is 18.1 Å². The summed E-state index contributed by atoms with van der Waals surface area (Å²) in [7, 11) is 1.74. The van der Waals surface area contributed by atoms with E-state index in [2.05, 4.69) is 11.8 Å². The Morgan fingerprint density at radius 1 is 1.11 bits per heavy atom. The van der Waals surface area contributed by atoms with E-state index in [9.17, 15) is 9.59 Å². The van der Waals surface area contributed by atoms with Crippen LogP contribution in [0.2, 0.25) is 5.02 Å². The lowest BCUT2D eigenvalue weighted by molar-refractivity contribution is -0.137. The Morgan fingerprint density at radius 2 is 1.86 bits per heavy atom. The molecule has 0 N–H and O–H groups in total. The quantitative estimate of drug-likeness (QED) is 0.685. The van der Waals surface area contributed by atoms with Gasteiger partial charge in [0.2, 0.25) is 5.96 Å². The summed E-state index contributed by atoms with van der Waals surface area (Å²) in [5.41, 5.74) is 0.988. The standard InChI is InChI=1S/C20H26ClN5O2/c1-3-4-5-6-11-26-18(27)16-17(23(2)20(26)28)22-19-24(12-13-25(16)19)15-9-7-14(21)8-10-15/h7-10,16-17H,3-6,11-13H2,1-2H3. The summed E-state index contributed by atoms with van der Waals surface area (Å²) in [5, 5.41) is 0.682. The third-order valence-electron chi connectivity index (χ3n) is 5.75. The number of imide groups is 1. The highest BCUT2D eigenvalue weighted by atomic mass is 35.5. The van der Waals surface area contributed by atoms with Gasteiger partial charge in [0.1, 0.15) is 0 Å². The van der Waals surface area contributed by atoms with Crippen LogP contribution in [0.5, 0.6) is 0 Å². The predicted molar refractivity (Wildman–Crippen MR) is 110 cm³/mol. The number of likely N-dealkylation sites (N-methyl/N-ethyl adjacent to an activating group) is 1. The molecule has 150 valence electrons. The molecule has 0 aliphatic carbocycles. The number of anilines is 1. The first kappa shape index (κ1) is 19.1. The minimum atomic E-state index is -0.461. The number of guanidine groups is 1. The monoisotopic (exact) mass is 403 g/mol. The number of aliphatic imine (C=N–C) groups is 1. The molecule has 2 unspecified atom stereocenters. The van der Waals surface area contributed by atoms with Crippen molar-refractivity contribution in [2.45, 2.75) is 44.8 Å². The zero-order valence-electron chi connectivity index (χ0n) is 16.3. The Hall–Kier alpha value is -2.28. The van der Waals surface area contributed by atoms with Crippen LogP contribution in [0.4, 0.5) is 10.5 Å². The molecule has 2 fully saturated rings. The number of carbonyl (C=O) groups excluding carboxylic acids is 2. The number of urea groups is 1. The number of fused-ring (bicyclic) bond motifs is 3. The summed E-state index contributed by atoms with van der Waals surface area (Å²) in [6.07, 6.45) is 3.66. The van der Waals surface area contributed by atoms with Crippen molar-refractivity contribution in [2.24, 2.45) is 4.99 Å². The van der Waals surface area contributed by atoms with Gasteiger partial charge < -0.3 is 14.7 Å². The zero-order valence-corrected chi connectivity index (χ0v) is 17.1. The summed E-state index contributed by atoms with van der Waals surface area (Å²) in [6.45, 7) is 4.09. The van der Waals surface area contributed by atoms with Crippen LogP contribution in [0.15, 0.2) is 29.3 Å². The summed E-state index contributed by atoms with van der Waals surface area (Å²) in [4.78, 5) is 37.9. The SMILES string of the molecule is CCCCCCN1C(=O)C2C(N=C3N(c4ccc(Cl)cc4)CCN32)N(C)C1=O. The van der Waals surface area contributed by atoms with Crippen LogP contribution in [0.3, 0.4) is 0 Å². The molecule has 3 aliphatic rings. The van der Waals surface area contributed by atoms with Gasteiger partial charge in [-0.05, 0) is 30.7 Å². The zero-order chi connectivity index (χ0) is 19.8. The van der Waals surface area contributed by atoms with Gasteiger partial charge >= 0.3 is 6.03 Å². The molecule has 0 bridgehead atoms. The number of halogens is 1. The van der Waals surface area contributed by atoms with E-state index in [-0.39, 0.29) is 11.9 Å². The molecule has 28 heavy (non-hydrogen) atoms. The Morgan fingerprint density at radius 3 is 2.57 bits per heavy atom. The second kappa shape index (κ2) is 7.62. The van der Waals surface area contributed by atoms with Gasteiger partial charge in [0.15, 0.2) is 12.2 Å². The molecule has 0 radical (unpaired) electrons. The highest BCUT2D eigenvalue weighted by molar-refractivity contribution is 6.30. The van der Waals surface area contributed by atoms with Crippen molar-refractivity contribution < 1.29 is 9.59 Å². The maximum absolute atomic E-state index is 13.2. The van der Waals surface area contributed by atoms with Crippen molar-refractivity contribution in [2.75, 3.05) is 31.6 Å². The van der Waals surface area contributed by atoms with Crippen LogP contribution in [0.25, 0.3) is 0 Å². The van der Waals surface area contributed by atoms with Gasteiger partial charge in [-0.1, -0.05) is 37.8 Å². The highest BCUT2D eigenvalue weighted by Crippen LogP contribution is 2.33. The molecule has 8 heteroatoms. The molecule has 1 aromatic rings. The maximum atomic E-state index is 13.2. The van der Waals surface area contributed by atoms with Gasteiger partial charge in [-0.15, -0.1) is 0 Å². The van der Waals surface area contributed by atoms with Gasteiger partial charge in [-0.3, -0.25) is 9.69 Å². The first-order valence-corrected chi connectivity index (χ1v) is 10.4. The van der Waals surface area contributed by atoms with Crippen molar-refractivity contribution in [3.05, 3.63) is 29.3 Å². The van der Waals surface area contributed by atoms with E-state index in [1.54, 1.807) is 11.9 Å². The third kappa shape index (κ3) is 3.11. The second-order valence-electron chi connectivity index (χ2n) is 7.55. The number of carbonyl (C=O) groups is 2. The van der Waals surface area contributed by atoms with Crippen LogP contribution in [-0.2, 0) is 4.79 Å². The molecular formula is C20H26ClN5O2. The van der Waals surface area contributed by atoms with Gasteiger partial charge in [0.25, 0.3) is 5.91 Å². The average molecular weight is 404 g/mol. The van der Waals surface area contributed by atoms with Crippen LogP contribution in [-0.4, -0.2) is 71.5 Å². The van der Waals surface area contributed by atoms with E-state index in [4.69, 9.17) is 16.6 Å². The number of benzene rings is 1. The van der Waals surface area contributed by atoms with Crippen molar-refractivity contribution >= 4 is 35.2 Å². The molecule has 3 aliphatic heterocycles. The van der Waals surface area contributed by atoms with Crippen molar-refractivity contribution in [1.29, 1.82) is 0 Å². The fourth-order valence-corrected chi connectivity index (χ4v) is 4.33. The molecule has 3 amide bonds. The second-order valence-corrected chi connectivity index (χ2v) is 7.99. The molecular weight excluding hydrogens is 378 g/mol. The van der Waals surface area contributed by atoms with E-state index in [1.165, 1.54) is 4.90 Å². The largest absolute Gasteiger partial charge is 0.328 e. The molecule has 2 saturated heterocycles. The molecule has 3 heterocycles. The lowest BCUT2D eigenvalue weighted by Crippen LogP contribution is -2.64. The van der Waals surface area contributed by atoms with Crippen molar-refractivity contribution in [3.63, 3.8) is 0 Å². The van der Waals surface area contributed by atoms with E-state index in [1.807, 2.05) is 29.2 Å². The third-order valence-corrected chi connectivity index (χ3v) is 6.00. The fraction of sp³-hybridized carbons (Fsp3) is 0.550. The van der Waals surface area contributed by atoms with Gasteiger partial charge in [-0.25, -0.2) is 9.79 Å². The highest BCUT2D eigenvalue weighted by Gasteiger charge is 2.54. The lowest BCUT2D eigenvalue weighted by Gasteiger charge is -2.40. The average Bonchev–Trinajstić information content (AvgIpc) is 3.26. The fourth-order valence-electron chi connectivity index (χ4n) is 4.20. The van der Waals surface area contributed by atoms with Crippen molar-refractivity contribution in [3.8, 4) is 0 Å². The van der Waals surface area contributed by atoms with Crippen LogP contribution >= 0.6 is 11.6 Å². The molecule has 0 saturated carbocycles. The summed E-state index contributed by atoms with van der Waals surface area (Å²) in [6, 6.07) is 6.93. The molecule has 2 atom stereocenters. The Kier molecular flexibility index (Phi) is 5.19. The normalized spacial score (nSPS) is 24.0. The maximum Gasteiger partial charge on any atom is 0.328 e. The first-order chi connectivity index (χ1) is 13.5. The molecule has 4 rings (SSSR count). The smallest absolute Gasteiger partial charge is 0.325 e. The molecule has 0 aromatic heterocycles. The van der Waals surface area contributed by atoms with Gasteiger partial charge in [0, 0.05) is 37.4 Å². The van der Waals surface area contributed by atoms with E-state index < -0.39 is 12.2 Å². The Labute approximate surface area is 170 Å². The Balaban J connectivity index is 1.54.